The molecule has 1 aromatic carbocycles. The Kier molecular flexibility index (Phi) is 6.39. The number of morpholine rings is 1. The molecule has 0 atom stereocenters. The Morgan fingerprint density at radius 3 is 2.73 bits per heavy atom. The molecule has 3 aromatic rings. The van der Waals surface area contributed by atoms with Crippen LogP contribution in [0, 0.1) is 11.6 Å². The van der Waals surface area contributed by atoms with E-state index in [-0.39, 0.29) is 17.1 Å². The van der Waals surface area contributed by atoms with Gasteiger partial charge < -0.3 is 15.0 Å². The van der Waals surface area contributed by atoms with Gasteiger partial charge >= 0.3 is 0 Å². The van der Waals surface area contributed by atoms with Crippen LogP contribution in [0.15, 0.2) is 30.7 Å². The SMILES string of the molecule is Fc1ccc(F)c(CN2CCNc3ncc(-c4cnn(CCN5CCOCC5)c4)nc32)c1Cl. The topological polar surface area (TPSA) is 71.3 Å². The van der Waals surface area contributed by atoms with Crippen LogP contribution in [0.3, 0.4) is 0 Å². The van der Waals surface area contributed by atoms with Crippen molar-refractivity contribution in [3.63, 3.8) is 0 Å². The van der Waals surface area contributed by atoms with Crippen molar-refractivity contribution in [1.29, 1.82) is 0 Å². The van der Waals surface area contributed by atoms with Gasteiger partial charge in [0.1, 0.15) is 11.6 Å². The second-order valence-corrected chi connectivity index (χ2v) is 8.42. The van der Waals surface area contributed by atoms with Crippen LogP contribution in [-0.4, -0.2) is 70.6 Å². The summed E-state index contributed by atoms with van der Waals surface area (Å²) in [5.41, 5.74) is 1.60. The van der Waals surface area contributed by atoms with Crippen molar-refractivity contribution < 1.29 is 13.5 Å². The molecule has 33 heavy (non-hydrogen) atoms. The second kappa shape index (κ2) is 9.58. The van der Waals surface area contributed by atoms with Crippen molar-refractivity contribution in [2.75, 3.05) is 56.2 Å². The molecule has 2 aromatic heterocycles. The summed E-state index contributed by atoms with van der Waals surface area (Å²) in [5, 5.41) is 7.46. The van der Waals surface area contributed by atoms with Crippen LogP contribution in [0.2, 0.25) is 5.02 Å². The number of benzene rings is 1. The van der Waals surface area contributed by atoms with E-state index in [1.54, 1.807) is 12.4 Å². The molecule has 0 unspecified atom stereocenters. The van der Waals surface area contributed by atoms with Crippen molar-refractivity contribution >= 4 is 23.2 Å². The number of hydrogen-bond acceptors (Lipinski definition) is 7. The molecule has 2 aliphatic rings. The van der Waals surface area contributed by atoms with Crippen molar-refractivity contribution in [2.24, 2.45) is 0 Å². The molecule has 0 spiro atoms. The first kappa shape index (κ1) is 22.0. The minimum Gasteiger partial charge on any atom is -0.379 e. The number of rotatable bonds is 6. The van der Waals surface area contributed by atoms with E-state index < -0.39 is 11.6 Å². The Hall–Kier alpha value is -2.82. The number of anilines is 2. The van der Waals surface area contributed by atoms with Gasteiger partial charge in [-0.2, -0.15) is 5.10 Å². The van der Waals surface area contributed by atoms with E-state index in [0.29, 0.717) is 30.4 Å². The fraction of sp³-hybridized carbons (Fsp3) is 0.409. The fourth-order valence-electron chi connectivity index (χ4n) is 4.02. The summed E-state index contributed by atoms with van der Waals surface area (Å²) >= 11 is 6.05. The Labute approximate surface area is 195 Å². The number of hydrogen-bond donors (Lipinski definition) is 1. The van der Waals surface area contributed by atoms with Gasteiger partial charge in [-0.05, 0) is 12.1 Å². The number of nitrogens with one attached hydrogen (secondary N) is 1. The molecule has 1 saturated heterocycles. The molecule has 0 radical (unpaired) electrons. The van der Waals surface area contributed by atoms with Crippen LogP contribution >= 0.6 is 11.6 Å². The lowest BCUT2D eigenvalue weighted by Crippen LogP contribution is -2.38. The lowest BCUT2D eigenvalue weighted by atomic mass is 10.1. The minimum atomic E-state index is -0.646. The monoisotopic (exact) mass is 475 g/mol. The molecule has 0 amide bonds. The van der Waals surface area contributed by atoms with E-state index in [1.807, 2.05) is 15.8 Å². The smallest absolute Gasteiger partial charge is 0.172 e. The van der Waals surface area contributed by atoms with Gasteiger partial charge in [0.05, 0.1) is 42.9 Å². The normalized spacial score (nSPS) is 16.5. The average molecular weight is 476 g/mol. The molecule has 1 fully saturated rings. The van der Waals surface area contributed by atoms with Gasteiger partial charge in [0.2, 0.25) is 0 Å². The summed E-state index contributed by atoms with van der Waals surface area (Å²) in [6.07, 6.45) is 5.40. The van der Waals surface area contributed by atoms with Gasteiger partial charge in [-0.3, -0.25) is 9.58 Å². The second-order valence-electron chi connectivity index (χ2n) is 8.04. The molecular formula is C22H24ClF2N7O. The summed E-state index contributed by atoms with van der Waals surface area (Å²) in [6.45, 7) is 6.32. The standard InChI is InChI=1S/C22H24ClF2N7O/c23-20-16(17(24)1-2-18(20)25)14-31-4-3-26-21-22(31)29-19(12-27-21)15-11-28-32(13-15)6-5-30-7-9-33-10-8-30/h1-2,11-13H,3-10,14H2,(H,26,27). The first-order valence-electron chi connectivity index (χ1n) is 10.9. The summed E-state index contributed by atoms with van der Waals surface area (Å²) < 4.78 is 35.5. The highest BCUT2D eigenvalue weighted by atomic mass is 35.5. The maximum absolute atomic E-state index is 14.4. The van der Waals surface area contributed by atoms with Crippen LogP contribution in [0.1, 0.15) is 5.56 Å². The molecule has 1 N–H and O–H groups in total. The zero-order valence-corrected chi connectivity index (χ0v) is 18.7. The predicted octanol–water partition coefficient (Wildman–Crippen LogP) is 3.04. The van der Waals surface area contributed by atoms with Gasteiger partial charge in [0, 0.05) is 56.6 Å². The lowest BCUT2D eigenvalue weighted by molar-refractivity contribution is 0.0360. The van der Waals surface area contributed by atoms with Gasteiger partial charge in [-0.1, -0.05) is 11.6 Å². The van der Waals surface area contributed by atoms with Gasteiger partial charge in [-0.25, -0.2) is 18.7 Å². The number of aromatic nitrogens is 4. The Bertz CT molecular complexity index is 1140. The van der Waals surface area contributed by atoms with Gasteiger partial charge in [-0.15, -0.1) is 0 Å². The summed E-state index contributed by atoms with van der Waals surface area (Å²) in [6, 6.07) is 2.12. The molecule has 0 aliphatic carbocycles. The molecule has 5 rings (SSSR count). The molecule has 11 heteroatoms. The molecule has 2 aliphatic heterocycles. The lowest BCUT2D eigenvalue weighted by Gasteiger charge is -2.30. The van der Waals surface area contributed by atoms with Crippen molar-refractivity contribution in [3.05, 3.63) is 52.9 Å². The van der Waals surface area contributed by atoms with E-state index in [9.17, 15) is 8.78 Å². The summed E-state index contributed by atoms with van der Waals surface area (Å²) in [7, 11) is 0. The highest BCUT2D eigenvalue weighted by molar-refractivity contribution is 6.31. The summed E-state index contributed by atoms with van der Waals surface area (Å²) in [4.78, 5) is 13.5. The number of ether oxygens (including phenoxy) is 1. The van der Waals surface area contributed by atoms with Crippen molar-refractivity contribution in [3.8, 4) is 11.3 Å². The maximum Gasteiger partial charge on any atom is 0.172 e. The molecule has 0 saturated carbocycles. The molecule has 174 valence electrons. The highest BCUT2D eigenvalue weighted by Gasteiger charge is 2.24. The Balaban J connectivity index is 1.35. The van der Waals surface area contributed by atoms with Crippen LogP contribution in [-0.2, 0) is 17.8 Å². The third kappa shape index (κ3) is 4.78. The van der Waals surface area contributed by atoms with Crippen LogP contribution in [0.4, 0.5) is 20.4 Å². The summed E-state index contributed by atoms with van der Waals surface area (Å²) in [5.74, 6) is -0.0305. The largest absolute Gasteiger partial charge is 0.379 e. The predicted molar refractivity (Wildman–Crippen MR) is 121 cm³/mol. The number of halogens is 3. The van der Waals surface area contributed by atoms with Crippen LogP contribution in [0.25, 0.3) is 11.3 Å². The van der Waals surface area contributed by atoms with Gasteiger partial charge in [0.25, 0.3) is 0 Å². The molecule has 4 heterocycles. The third-order valence-electron chi connectivity index (χ3n) is 5.89. The maximum atomic E-state index is 14.4. The number of fused-ring (bicyclic) bond motifs is 1. The zero-order chi connectivity index (χ0) is 22.8. The Morgan fingerprint density at radius 1 is 1.06 bits per heavy atom. The third-order valence-corrected chi connectivity index (χ3v) is 6.30. The van der Waals surface area contributed by atoms with E-state index in [4.69, 9.17) is 21.3 Å². The van der Waals surface area contributed by atoms with E-state index in [2.05, 4.69) is 20.3 Å². The van der Waals surface area contributed by atoms with E-state index >= 15 is 0 Å². The highest BCUT2D eigenvalue weighted by Crippen LogP contribution is 2.31. The van der Waals surface area contributed by atoms with E-state index in [0.717, 1.165) is 57.1 Å². The van der Waals surface area contributed by atoms with Gasteiger partial charge in [0.15, 0.2) is 11.6 Å². The first-order valence-corrected chi connectivity index (χ1v) is 11.3. The quantitative estimate of drug-likeness (QED) is 0.549. The van der Waals surface area contributed by atoms with E-state index in [1.165, 1.54) is 0 Å². The minimum absolute atomic E-state index is 0.0913. The fourth-order valence-corrected chi connectivity index (χ4v) is 4.24. The molecular weight excluding hydrogens is 452 g/mol. The van der Waals surface area contributed by atoms with Crippen molar-refractivity contribution in [2.45, 2.75) is 13.1 Å². The van der Waals surface area contributed by atoms with Crippen molar-refractivity contribution in [1.82, 2.24) is 24.6 Å². The molecule has 0 bridgehead atoms. The first-order chi connectivity index (χ1) is 16.1. The average Bonchev–Trinajstić information content (AvgIpc) is 3.32. The van der Waals surface area contributed by atoms with Crippen LogP contribution < -0.4 is 10.2 Å². The molecule has 8 nitrogen and oxygen atoms in total. The zero-order valence-electron chi connectivity index (χ0n) is 18.0. The number of nitrogens with zero attached hydrogens (tertiary/aromatic N) is 6. The van der Waals surface area contributed by atoms with Crippen LogP contribution in [0.5, 0.6) is 0 Å². The Morgan fingerprint density at radius 2 is 1.88 bits per heavy atom.